The van der Waals surface area contributed by atoms with Crippen LogP contribution in [0, 0.1) is 0 Å². The molecule has 0 aliphatic heterocycles. The van der Waals surface area contributed by atoms with Gasteiger partial charge in [-0.2, -0.15) is 0 Å². The summed E-state index contributed by atoms with van der Waals surface area (Å²) in [5.41, 5.74) is 1.13. The van der Waals surface area contributed by atoms with Crippen molar-refractivity contribution in [2.75, 3.05) is 5.32 Å². The standard InChI is InChI=1S/C17H14N2O3S2/c20-14-9-5-4-8-13(14)16(21)19-17-18-15(10-23-17)24(22)11-12-6-2-1-3-7-12/h1-10,20H,11H2,(H,18,19,21). The monoisotopic (exact) mass is 358 g/mol. The topological polar surface area (TPSA) is 79.3 Å². The average Bonchev–Trinajstić information content (AvgIpc) is 3.05. The van der Waals surface area contributed by atoms with Crippen LogP contribution < -0.4 is 5.32 Å². The highest BCUT2D eigenvalue weighted by Crippen LogP contribution is 2.22. The summed E-state index contributed by atoms with van der Waals surface area (Å²) in [6.07, 6.45) is 0. The Bertz CT molecular complexity index is 878. The Morgan fingerprint density at radius 2 is 1.83 bits per heavy atom. The van der Waals surface area contributed by atoms with Crippen molar-refractivity contribution < 1.29 is 14.1 Å². The molecule has 122 valence electrons. The number of hydrogen-bond acceptors (Lipinski definition) is 5. The van der Waals surface area contributed by atoms with Crippen molar-refractivity contribution in [3.8, 4) is 5.75 Å². The van der Waals surface area contributed by atoms with Gasteiger partial charge in [0, 0.05) is 5.38 Å². The van der Waals surface area contributed by atoms with E-state index in [-0.39, 0.29) is 11.3 Å². The van der Waals surface area contributed by atoms with E-state index < -0.39 is 16.7 Å². The molecule has 0 spiro atoms. The first-order valence-corrected chi connectivity index (χ1v) is 9.30. The van der Waals surface area contributed by atoms with Crippen molar-refractivity contribution in [2.24, 2.45) is 0 Å². The fourth-order valence-corrected chi connectivity index (χ4v) is 4.09. The molecule has 1 aromatic heterocycles. The highest BCUT2D eigenvalue weighted by atomic mass is 32.2. The number of benzene rings is 2. The minimum absolute atomic E-state index is 0.0977. The van der Waals surface area contributed by atoms with Gasteiger partial charge in [0.15, 0.2) is 5.13 Å². The van der Waals surface area contributed by atoms with Crippen molar-refractivity contribution in [2.45, 2.75) is 10.8 Å². The zero-order valence-corrected chi connectivity index (χ0v) is 14.1. The number of aromatic hydroxyl groups is 1. The van der Waals surface area contributed by atoms with Gasteiger partial charge in [-0.3, -0.25) is 14.3 Å². The Hall–Kier alpha value is -2.51. The number of amides is 1. The van der Waals surface area contributed by atoms with Crippen LogP contribution >= 0.6 is 11.3 Å². The Morgan fingerprint density at radius 3 is 2.58 bits per heavy atom. The third kappa shape index (κ3) is 3.87. The number of thiazole rings is 1. The number of carbonyl (C=O) groups is 1. The predicted molar refractivity (Wildman–Crippen MR) is 94.7 cm³/mol. The minimum Gasteiger partial charge on any atom is -0.507 e. The molecule has 0 radical (unpaired) electrons. The molecule has 3 aromatic rings. The molecule has 0 bridgehead atoms. The molecular formula is C17H14N2O3S2. The van der Waals surface area contributed by atoms with Gasteiger partial charge in [0.25, 0.3) is 5.91 Å². The first kappa shape index (κ1) is 16.4. The average molecular weight is 358 g/mol. The summed E-state index contributed by atoms with van der Waals surface area (Å²) in [6, 6.07) is 15.8. The van der Waals surface area contributed by atoms with Crippen LogP contribution in [0.15, 0.2) is 65.0 Å². The van der Waals surface area contributed by atoms with Gasteiger partial charge >= 0.3 is 0 Å². The van der Waals surface area contributed by atoms with E-state index in [1.54, 1.807) is 17.5 Å². The molecule has 3 rings (SSSR count). The first-order valence-electron chi connectivity index (χ1n) is 7.10. The number of phenolic OH excluding ortho intramolecular Hbond substituents is 1. The highest BCUT2D eigenvalue weighted by Gasteiger charge is 2.14. The van der Waals surface area contributed by atoms with E-state index in [0.717, 1.165) is 5.56 Å². The van der Waals surface area contributed by atoms with Gasteiger partial charge in [0.1, 0.15) is 10.8 Å². The van der Waals surface area contributed by atoms with Gasteiger partial charge in [0.2, 0.25) is 0 Å². The second kappa shape index (κ2) is 7.37. The number of carbonyl (C=O) groups excluding carboxylic acids is 1. The third-order valence-corrected chi connectivity index (χ3v) is 5.40. The van der Waals surface area contributed by atoms with Crippen molar-refractivity contribution >= 4 is 33.2 Å². The Balaban J connectivity index is 1.68. The maximum absolute atomic E-state index is 12.3. The second-order valence-electron chi connectivity index (χ2n) is 4.94. The summed E-state index contributed by atoms with van der Waals surface area (Å²) >= 11 is 1.20. The SMILES string of the molecule is O=C(Nc1nc(S(=O)Cc2ccccc2)cs1)c1ccccc1O. The highest BCUT2D eigenvalue weighted by molar-refractivity contribution is 7.84. The third-order valence-electron chi connectivity index (χ3n) is 3.23. The number of nitrogens with one attached hydrogen (secondary N) is 1. The molecule has 24 heavy (non-hydrogen) atoms. The van der Waals surface area contributed by atoms with E-state index in [2.05, 4.69) is 10.3 Å². The van der Waals surface area contributed by atoms with Crippen LogP contribution in [0.4, 0.5) is 5.13 Å². The molecule has 1 unspecified atom stereocenters. The number of rotatable bonds is 5. The van der Waals surface area contributed by atoms with Crippen molar-refractivity contribution in [1.29, 1.82) is 0 Å². The summed E-state index contributed by atoms with van der Waals surface area (Å²) in [6.45, 7) is 0. The molecule has 2 aromatic carbocycles. The van der Waals surface area contributed by atoms with E-state index in [9.17, 15) is 14.1 Å². The zero-order valence-electron chi connectivity index (χ0n) is 12.5. The maximum Gasteiger partial charge on any atom is 0.261 e. The Labute approximate surface area is 145 Å². The van der Waals surface area contributed by atoms with Crippen LogP contribution in [-0.4, -0.2) is 20.2 Å². The minimum atomic E-state index is -1.28. The number of para-hydroxylation sites is 1. The van der Waals surface area contributed by atoms with Crippen molar-refractivity contribution in [3.05, 3.63) is 71.1 Å². The molecule has 0 saturated heterocycles. The van der Waals surface area contributed by atoms with E-state index in [1.165, 1.54) is 23.5 Å². The maximum atomic E-state index is 12.3. The molecular weight excluding hydrogens is 344 g/mol. The smallest absolute Gasteiger partial charge is 0.261 e. The fraction of sp³-hybridized carbons (Fsp3) is 0.0588. The van der Waals surface area contributed by atoms with E-state index in [0.29, 0.717) is 15.9 Å². The first-order chi connectivity index (χ1) is 11.6. The molecule has 2 N–H and O–H groups in total. The van der Waals surface area contributed by atoms with Gasteiger partial charge in [-0.05, 0) is 17.7 Å². The predicted octanol–water partition coefficient (Wildman–Crippen LogP) is 3.41. The van der Waals surface area contributed by atoms with Crippen LogP contribution in [0.3, 0.4) is 0 Å². The molecule has 5 nitrogen and oxygen atoms in total. The zero-order chi connectivity index (χ0) is 16.9. The molecule has 0 aliphatic rings. The van der Waals surface area contributed by atoms with Crippen LogP contribution in [0.2, 0.25) is 0 Å². The van der Waals surface area contributed by atoms with Crippen molar-refractivity contribution in [1.82, 2.24) is 4.98 Å². The molecule has 1 amide bonds. The van der Waals surface area contributed by atoms with Gasteiger partial charge in [0.05, 0.1) is 22.1 Å². The largest absolute Gasteiger partial charge is 0.507 e. The molecule has 0 fully saturated rings. The second-order valence-corrected chi connectivity index (χ2v) is 7.19. The summed E-state index contributed by atoms with van der Waals surface area (Å²) < 4.78 is 12.3. The fourth-order valence-electron chi connectivity index (χ4n) is 2.05. The summed E-state index contributed by atoms with van der Waals surface area (Å²) in [5, 5.41) is 14.7. The lowest BCUT2D eigenvalue weighted by atomic mass is 10.2. The van der Waals surface area contributed by atoms with E-state index in [1.807, 2.05) is 30.3 Å². The molecule has 0 aliphatic carbocycles. The van der Waals surface area contributed by atoms with Crippen LogP contribution in [0.25, 0.3) is 0 Å². The lowest BCUT2D eigenvalue weighted by Crippen LogP contribution is -2.12. The van der Waals surface area contributed by atoms with E-state index >= 15 is 0 Å². The molecule has 0 saturated carbocycles. The van der Waals surface area contributed by atoms with Gasteiger partial charge in [-0.15, -0.1) is 11.3 Å². The number of anilines is 1. The number of hydrogen-bond donors (Lipinski definition) is 2. The Morgan fingerprint density at radius 1 is 1.12 bits per heavy atom. The van der Waals surface area contributed by atoms with Gasteiger partial charge in [-0.1, -0.05) is 42.5 Å². The normalized spacial score (nSPS) is 11.8. The van der Waals surface area contributed by atoms with Crippen LogP contribution in [0.1, 0.15) is 15.9 Å². The molecule has 1 atom stereocenters. The summed E-state index contributed by atoms with van der Waals surface area (Å²) in [4.78, 5) is 16.3. The molecule has 7 heteroatoms. The summed E-state index contributed by atoms with van der Waals surface area (Å²) in [7, 11) is -1.28. The lowest BCUT2D eigenvalue weighted by Gasteiger charge is -2.03. The van der Waals surface area contributed by atoms with Gasteiger partial charge in [-0.25, -0.2) is 4.98 Å². The number of aromatic nitrogens is 1. The lowest BCUT2D eigenvalue weighted by molar-refractivity contribution is 0.102. The van der Waals surface area contributed by atoms with Gasteiger partial charge < -0.3 is 5.11 Å². The number of nitrogens with zero attached hydrogens (tertiary/aromatic N) is 1. The summed E-state index contributed by atoms with van der Waals surface area (Å²) in [5.74, 6) is -0.181. The quantitative estimate of drug-likeness (QED) is 0.732. The van der Waals surface area contributed by atoms with E-state index in [4.69, 9.17) is 0 Å². The van der Waals surface area contributed by atoms with Crippen LogP contribution in [0.5, 0.6) is 5.75 Å². The van der Waals surface area contributed by atoms with Crippen molar-refractivity contribution in [3.63, 3.8) is 0 Å². The Kier molecular flexibility index (Phi) is 5.02. The number of phenols is 1. The van der Waals surface area contributed by atoms with Crippen LogP contribution in [-0.2, 0) is 16.6 Å². The molecule has 1 heterocycles.